The van der Waals surface area contributed by atoms with E-state index in [0.29, 0.717) is 22.7 Å². The Morgan fingerprint density at radius 3 is 2.30 bits per heavy atom. The van der Waals surface area contributed by atoms with Crippen molar-refractivity contribution in [3.63, 3.8) is 0 Å². The minimum Gasteiger partial charge on any atom is -0.497 e. The van der Waals surface area contributed by atoms with E-state index in [4.69, 9.17) is 4.74 Å². The van der Waals surface area contributed by atoms with Crippen molar-refractivity contribution in [1.82, 2.24) is 5.43 Å². The van der Waals surface area contributed by atoms with Crippen LogP contribution in [0, 0.1) is 0 Å². The van der Waals surface area contributed by atoms with Gasteiger partial charge in [-0.2, -0.15) is 5.10 Å². The standard InChI is InChI=1S/C24H23N3O3/c1-17(15-23(28)25-21-9-6-10-22(16-21)30-2)26-27-24(29)20-13-11-19(12-14-20)18-7-4-3-5-8-18/h3-14,16H,15H2,1-2H3,(H,25,28)(H,27,29)/b26-17+. The summed E-state index contributed by atoms with van der Waals surface area (Å²) < 4.78 is 5.13. The number of amides is 2. The van der Waals surface area contributed by atoms with Gasteiger partial charge in [0.05, 0.1) is 13.5 Å². The number of ether oxygens (including phenoxy) is 1. The number of carbonyl (C=O) groups is 2. The zero-order chi connectivity index (χ0) is 21.3. The maximum atomic E-state index is 12.3. The number of hydrogen-bond acceptors (Lipinski definition) is 4. The minimum absolute atomic E-state index is 0.0600. The summed E-state index contributed by atoms with van der Waals surface area (Å²) in [5.41, 5.74) is 6.22. The first-order valence-electron chi connectivity index (χ1n) is 9.48. The van der Waals surface area contributed by atoms with Crippen molar-refractivity contribution in [2.45, 2.75) is 13.3 Å². The molecule has 2 amide bonds. The van der Waals surface area contributed by atoms with Crippen LogP contribution in [-0.2, 0) is 4.79 Å². The Hall–Kier alpha value is -3.93. The Bertz CT molecular complexity index is 1040. The monoisotopic (exact) mass is 401 g/mol. The van der Waals surface area contributed by atoms with Crippen molar-refractivity contribution >= 4 is 23.2 Å². The fourth-order valence-corrected chi connectivity index (χ4v) is 2.83. The minimum atomic E-state index is -0.331. The summed E-state index contributed by atoms with van der Waals surface area (Å²) in [5, 5.41) is 6.80. The number of anilines is 1. The van der Waals surface area contributed by atoms with Crippen LogP contribution in [0.3, 0.4) is 0 Å². The lowest BCUT2D eigenvalue weighted by atomic mass is 10.0. The van der Waals surface area contributed by atoms with E-state index in [9.17, 15) is 9.59 Å². The first kappa shape index (κ1) is 20.8. The predicted molar refractivity (Wildman–Crippen MR) is 119 cm³/mol. The molecular formula is C24H23N3O3. The highest BCUT2D eigenvalue weighted by Crippen LogP contribution is 2.19. The highest BCUT2D eigenvalue weighted by atomic mass is 16.5. The van der Waals surface area contributed by atoms with Crippen LogP contribution in [0.15, 0.2) is 84.0 Å². The molecule has 2 N–H and O–H groups in total. The maximum absolute atomic E-state index is 12.3. The molecule has 152 valence electrons. The average molecular weight is 401 g/mol. The van der Waals surface area contributed by atoms with Crippen LogP contribution in [0.25, 0.3) is 11.1 Å². The van der Waals surface area contributed by atoms with E-state index in [1.807, 2.05) is 42.5 Å². The van der Waals surface area contributed by atoms with Crippen LogP contribution < -0.4 is 15.5 Å². The molecule has 3 aromatic carbocycles. The maximum Gasteiger partial charge on any atom is 0.271 e. The van der Waals surface area contributed by atoms with E-state index in [0.717, 1.165) is 11.1 Å². The van der Waals surface area contributed by atoms with Gasteiger partial charge in [0, 0.05) is 23.0 Å². The topological polar surface area (TPSA) is 79.8 Å². The average Bonchev–Trinajstić information content (AvgIpc) is 2.78. The van der Waals surface area contributed by atoms with Crippen molar-refractivity contribution in [3.05, 3.63) is 84.4 Å². The second-order valence-corrected chi connectivity index (χ2v) is 6.69. The first-order chi connectivity index (χ1) is 14.5. The molecule has 0 atom stereocenters. The number of hydrogen-bond donors (Lipinski definition) is 2. The molecule has 6 heteroatoms. The van der Waals surface area contributed by atoms with E-state index in [1.54, 1.807) is 50.4 Å². The number of hydrazone groups is 1. The van der Waals surface area contributed by atoms with Crippen LogP contribution in [-0.4, -0.2) is 24.6 Å². The summed E-state index contributed by atoms with van der Waals surface area (Å²) in [7, 11) is 1.57. The number of methoxy groups -OCH3 is 1. The van der Waals surface area contributed by atoms with E-state index < -0.39 is 0 Å². The summed E-state index contributed by atoms with van der Waals surface area (Å²) in [6.45, 7) is 1.68. The largest absolute Gasteiger partial charge is 0.497 e. The molecule has 0 aliphatic carbocycles. The zero-order valence-electron chi connectivity index (χ0n) is 16.9. The quantitative estimate of drug-likeness (QED) is 0.452. The van der Waals surface area contributed by atoms with Crippen LogP contribution >= 0.6 is 0 Å². The number of benzene rings is 3. The highest BCUT2D eigenvalue weighted by Gasteiger charge is 2.08. The molecule has 0 spiro atoms. The number of nitrogens with zero attached hydrogens (tertiary/aromatic N) is 1. The smallest absolute Gasteiger partial charge is 0.271 e. The van der Waals surface area contributed by atoms with Gasteiger partial charge in [-0.05, 0) is 42.3 Å². The lowest BCUT2D eigenvalue weighted by Gasteiger charge is -2.07. The fraction of sp³-hybridized carbons (Fsp3) is 0.125. The molecule has 0 saturated carbocycles. The number of carbonyl (C=O) groups excluding carboxylic acids is 2. The number of nitrogens with one attached hydrogen (secondary N) is 2. The summed E-state index contributed by atoms with van der Waals surface area (Å²) >= 11 is 0. The molecule has 0 bridgehead atoms. The fourth-order valence-electron chi connectivity index (χ4n) is 2.83. The van der Waals surface area contributed by atoms with Gasteiger partial charge in [0.15, 0.2) is 0 Å². The molecule has 0 fully saturated rings. The van der Waals surface area contributed by atoms with Crippen molar-refractivity contribution in [3.8, 4) is 16.9 Å². The van der Waals surface area contributed by atoms with Crippen molar-refractivity contribution in [1.29, 1.82) is 0 Å². The molecule has 6 nitrogen and oxygen atoms in total. The van der Waals surface area contributed by atoms with Crippen LogP contribution in [0.1, 0.15) is 23.7 Å². The van der Waals surface area contributed by atoms with Gasteiger partial charge in [0.1, 0.15) is 5.75 Å². The first-order valence-corrected chi connectivity index (χ1v) is 9.48. The van der Waals surface area contributed by atoms with Crippen molar-refractivity contribution < 1.29 is 14.3 Å². The Labute approximate surface area is 175 Å². The summed E-state index contributed by atoms with van der Waals surface area (Å²) in [5.74, 6) is 0.0943. The van der Waals surface area contributed by atoms with Gasteiger partial charge in [0.2, 0.25) is 5.91 Å². The van der Waals surface area contributed by atoms with Crippen LogP contribution in [0.5, 0.6) is 5.75 Å². The van der Waals surface area contributed by atoms with Crippen LogP contribution in [0.4, 0.5) is 5.69 Å². The van der Waals surface area contributed by atoms with E-state index >= 15 is 0 Å². The Morgan fingerprint density at radius 2 is 1.60 bits per heavy atom. The van der Waals surface area contributed by atoms with Gasteiger partial charge in [-0.15, -0.1) is 0 Å². The lowest BCUT2D eigenvalue weighted by molar-refractivity contribution is -0.115. The summed E-state index contributed by atoms with van der Waals surface area (Å²) in [6, 6.07) is 24.3. The van der Waals surface area contributed by atoms with Gasteiger partial charge in [0.25, 0.3) is 5.91 Å². The Kier molecular flexibility index (Phi) is 6.95. The molecule has 0 heterocycles. The third-order valence-corrected chi connectivity index (χ3v) is 4.37. The molecule has 0 saturated heterocycles. The Morgan fingerprint density at radius 1 is 0.900 bits per heavy atom. The third-order valence-electron chi connectivity index (χ3n) is 4.37. The highest BCUT2D eigenvalue weighted by molar-refractivity contribution is 6.06. The third kappa shape index (κ3) is 5.78. The van der Waals surface area contributed by atoms with Crippen molar-refractivity contribution in [2.24, 2.45) is 5.10 Å². The van der Waals surface area contributed by atoms with Gasteiger partial charge >= 0.3 is 0 Å². The van der Waals surface area contributed by atoms with Gasteiger partial charge in [-0.3, -0.25) is 9.59 Å². The molecule has 0 aliphatic rings. The second kappa shape index (κ2) is 10.0. The molecule has 0 unspecified atom stereocenters. The van der Waals surface area contributed by atoms with Gasteiger partial charge in [-0.1, -0.05) is 48.5 Å². The van der Waals surface area contributed by atoms with E-state index in [-0.39, 0.29) is 18.2 Å². The van der Waals surface area contributed by atoms with Gasteiger partial charge < -0.3 is 10.1 Å². The lowest BCUT2D eigenvalue weighted by Crippen LogP contribution is -2.21. The Balaban J connectivity index is 1.54. The molecule has 3 rings (SSSR count). The molecule has 0 aromatic heterocycles. The normalized spacial score (nSPS) is 10.9. The molecule has 3 aromatic rings. The SMILES string of the molecule is COc1cccc(NC(=O)C/C(C)=N/NC(=O)c2ccc(-c3ccccc3)cc2)c1. The second-order valence-electron chi connectivity index (χ2n) is 6.69. The summed E-state index contributed by atoms with van der Waals surface area (Å²) in [4.78, 5) is 24.5. The van der Waals surface area contributed by atoms with Crippen LogP contribution in [0.2, 0.25) is 0 Å². The van der Waals surface area contributed by atoms with E-state index in [1.165, 1.54) is 0 Å². The number of rotatable bonds is 7. The molecule has 0 radical (unpaired) electrons. The molecule has 0 aliphatic heterocycles. The zero-order valence-corrected chi connectivity index (χ0v) is 16.9. The van der Waals surface area contributed by atoms with Gasteiger partial charge in [-0.25, -0.2) is 5.43 Å². The molecule has 30 heavy (non-hydrogen) atoms. The molecular weight excluding hydrogens is 378 g/mol. The van der Waals surface area contributed by atoms with Crippen molar-refractivity contribution in [2.75, 3.05) is 12.4 Å². The van der Waals surface area contributed by atoms with E-state index in [2.05, 4.69) is 15.8 Å². The predicted octanol–water partition coefficient (Wildman–Crippen LogP) is 4.50. The summed E-state index contributed by atoms with van der Waals surface area (Å²) in [6.07, 6.45) is 0.0600.